The molecule has 0 aliphatic carbocycles. The summed E-state index contributed by atoms with van der Waals surface area (Å²) in [7, 11) is 0. The molecule has 11 heavy (non-hydrogen) atoms. The van der Waals surface area contributed by atoms with Gasteiger partial charge in [0, 0.05) is 9.80 Å². The molecule has 60 valence electrons. The summed E-state index contributed by atoms with van der Waals surface area (Å²) in [5.41, 5.74) is 1.88. The first kappa shape index (κ1) is 9.20. The first-order chi connectivity index (χ1) is 5.15. The van der Waals surface area contributed by atoms with Crippen molar-refractivity contribution < 1.29 is 4.39 Å². The third kappa shape index (κ3) is 2.03. The van der Waals surface area contributed by atoms with Crippen molar-refractivity contribution in [3.63, 3.8) is 0 Å². The number of benzene rings is 1. The summed E-state index contributed by atoms with van der Waals surface area (Å²) >= 11 is 6.66. The van der Waals surface area contributed by atoms with Crippen molar-refractivity contribution in [3.05, 3.63) is 33.5 Å². The Morgan fingerprint density at radius 2 is 2.09 bits per heavy atom. The van der Waals surface area contributed by atoms with Crippen molar-refractivity contribution in [1.82, 2.24) is 0 Å². The molecule has 1 aromatic rings. The second-order valence-corrected chi connectivity index (χ2v) is 3.68. The molecular formula is C8H7Br2F. The summed E-state index contributed by atoms with van der Waals surface area (Å²) < 4.78 is 13.7. The second-order valence-electron chi connectivity index (χ2n) is 2.33. The predicted molar refractivity (Wildman–Crippen MR) is 51.5 cm³/mol. The van der Waals surface area contributed by atoms with E-state index < -0.39 is 0 Å². The van der Waals surface area contributed by atoms with E-state index in [1.165, 1.54) is 12.1 Å². The maximum Gasteiger partial charge on any atom is 0.123 e. The van der Waals surface area contributed by atoms with Crippen LogP contribution in [-0.4, -0.2) is 0 Å². The number of alkyl halides is 1. The molecule has 0 aliphatic rings. The van der Waals surface area contributed by atoms with Gasteiger partial charge in [-0.2, -0.15) is 0 Å². The van der Waals surface area contributed by atoms with Crippen LogP contribution in [0.15, 0.2) is 16.6 Å². The highest BCUT2D eigenvalue weighted by molar-refractivity contribution is 9.10. The fraction of sp³-hybridized carbons (Fsp3) is 0.250. The van der Waals surface area contributed by atoms with E-state index >= 15 is 0 Å². The minimum absolute atomic E-state index is 0.180. The van der Waals surface area contributed by atoms with Crippen LogP contribution < -0.4 is 0 Å². The first-order valence-corrected chi connectivity index (χ1v) is 5.07. The normalized spacial score (nSPS) is 10.2. The number of halogens is 3. The minimum atomic E-state index is -0.180. The lowest BCUT2D eigenvalue weighted by atomic mass is 10.1. The van der Waals surface area contributed by atoms with Crippen LogP contribution in [0.3, 0.4) is 0 Å². The average molecular weight is 282 g/mol. The molecular weight excluding hydrogens is 275 g/mol. The predicted octanol–water partition coefficient (Wildman–Crippen LogP) is 3.79. The Balaban J connectivity index is 3.24. The van der Waals surface area contributed by atoms with Crippen LogP contribution in [0, 0.1) is 12.7 Å². The highest BCUT2D eigenvalue weighted by Crippen LogP contribution is 2.24. The van der Waals surface area contributed by atoms with Gasteiger partial charge in [-0.15, -0.1) is 0 Å². The minimum Gasteiger partial charge on any atom is -0.207 e. The Bertz CT molecular complexity index is 271. The van der Waals surface area contributed by atoms with Gasteiger partial charge >= 0.3 is 0 Å². The van der Waals surface area contributed by atoms with Gasteiger partial charge in [-0.3, -0.25) is 0 Å². The zero-order valence-electron chi connectivity index (χ0n) is 6.00. The molecule has 0 amide bonds. The van der Waals surface area contributed by atoms with E-state index in [0.29, 0.717) is 5.33 Å². The van der Waals surface area contributed by atoms with Gasteiger partial charge in [-0.25, -0.2) is 4.39 Å². The SMILES string of the molecule is Cc1cc(F)cc(CBr)c1Br. The molecule has 0 spiro atoms. The Kier molecular flexibility index (Phi) is 3.07. The van der Waals surface area contributed by atoms with E-state index in [9.17, 15) is 4.39 Å². The van der Waals surface area contributed by atoms with E-state index in [-0.39, 0.29) is 5.82 Å². The van der Waals surface area contributed by atoms with E-state index in [2.05, 4.69) is 31.9 Å². The van der Waals surface area contributed by atoms with Crippen molar-refractivity contribution in [1.29, 1.82) is 0 Å². The molecule has 0 unspecified atom stereocenters. The molecule has 0 nitrogen and oxygen atoms in total. The standard InChI is InChI=1S/C8H7Br2F/c1-5-2-7(11)3-6(4-9)8(5)10/h2-3H,4H2,1H3. The Morgan fingerprint density at radius 3 is 2.64 bits per heavy atom. The third-order valence-corrected chi connectivity index (χ3v) is 3.18. The third-order valence-electron chi connectivity index (χ3n) is 1.44. The highest BCUT2D eigenvalue weighted by Gasteiger charge is 2.03. The van der Waals surface area contributed by atoms with Crippen LogP contribution in [0.4, 0.5) is 4.39 Å². The maximum atomic E-state index is 12.8. The number of aryl methyl sites for hydroxylation is 1. The molecule has 0 atom stereocenters. The second kappa shape index (κ2) is 3.68. The molecule has 0 aliphatic heterocycles. The van der Waals surface area contributed by atoms with Crippen molar-refractivity contribution in [2.75, 3.05) is 0 Å². The largest absolute Gasteiger partial charge is 0.207 e. The molecule has 0 saturated heterocycles. The van der Waals surface area contributed by atoms with Gasteiger partial charge in [0.1, 0.15) is 5.82 Å². The van der Waals surface area contributed by atoms with Crippen LogP contribution >= 0.6 is 31.9 Å². The van der Waals surface area contributed by atoms with Crippen molar-refractivity contribution in [3.8, 4) is 0 Å². The van der Waals surface area contributed by atoms with E-state index in [1.54, 1.807) is 0 Å². The number of hydrogen-bond donors (Lipinski definition) is 0. The summed E-state index contributed by atoms with van der Waals surface area (Å²) in [4.78, 5) is 0. The molecule has 0 aromatic heterocycles. The molecule has 3 heteroatoms. The fourth-order valence-corrected chi connectivity index (χ4v) is 2.08. The summed E-state index contributed by atoms with van der Waals surface area (Å²) in [5.74, 6) is -0.180. The molecule has 1 aromatic carbocycles. The Labute approximate surface area is 82.1 Å². The average Bonchev–Trinajstić information content (AvgIpc) is 1.96. The molecule has 0 fully saturated rings. The zero-order chi connectivity index (χ0) is 8.43. The van der Waals surface area contributed by atoms with Gasteiger partial charge in [-0.05, 0) is 30.2 Å². The Hall–Kier alpha value is 0.110. The van der Waals surface area contributed by atoms with E-state index in [1.807, 2.05) is 6.92 Å². The van der Waals surface area contributed by atoms with Crippen LogP contribution in [0.25, 0.3) is 0 Å². The van der Waals surface area contributed by atoms with Crippen molar-refractivity contribution in [2.45, 2.75) is 12.3 Å². The van der Waals surface area contributed by atoms with Crippen LogP contribution in [0.5, 0.6) is 0 Å². The van der Waals surface area contributed by atoms with Crippen LogP contribution in [-0.2, 0) is 5.33 Å². The van der Waals surface area contributed by atoms with E-state index in [0.717, 1.165) is 15.6 Å². The molecule has 0 heterocycles. The summed E-state index contributed by atoms with van der Waals surface area (Å²) in [6, 6.07) is 3.03. The maximum absolute atomic E-state index is 12.8. The number of rotatable bonds is 1. The Morgan fingerprint density at radius 1 is 1.45 bits per heavy atom. The molecule has 0 N–H and O–H groups in total. The highest BCUT2D eigenvalue weighted by atomic mass is 79.9. The lowest BCUT2D eigenvalue weighted by molar-refractivity contribution is 0.625. The smallest absolute Gasteiger partial charge is 0.123 e. The van der Waals surface area contributed by atoms with Crippen LogP contribution in [0.1, 0.15) is 11.1 Å². The van der Waals surface area contributed by atoms with Gasteiger partial charge in [0.15, 0.2) is 0 Å². The first-order valence-electron chi connectivity index (χ1n) is 3.15. The fourth-order valence-electron chi connectivity index (χ4n) is 0.892. The zero-order valence-corrected chi connectivity index (χ0v) is 9.17. The van der Waals surface area contributed by atoms with Crippen molar-refractivity contribution in [2.24, 2.45) is 0 Å². The summed E-state index contributed by atoms with van der Waals surface area (Å²) in [6.07, 6.45) is 0. The topological polar surface area (TPSA) is 0 Å². The molecule has 1 rings (SSSR count). The summed E-state index contributed by atoms with van der Waals surface area (Å²) in [6.45, 7) is 1.87. The monoisotopic (exact) mass is 280 g/mol. The van der Waals surface area contributed by atoms with Crippen molar-refractivity contribution >= 4 is 31.9 Å². The number of hydrogen-bond acceptors (Lipinski definition) is 0. The quantitative estimate of drug-likeness (QED) is 0.687. The lowest BCUT2D eigenvalue weighted by Crippen LogP contribution is -1.87. The van der Waals surface area contributed by atoms with Gasteiger partial charge < -0.3 is 0 Å². The molecule has 0 saturated carbocycles. The van der Waals surface area contributed by atoms with Gasteiger partial charge in [0.2, 0.25) is 0 Å². The van der Waals surface area contributed by atoms with Gasteiger partial charge in [-0.1, -0.05) is 31.9 Å². The van der Waals surface area contributed by atoms with Gasteiger partial charge in [0.05, 0.1) is 0 Å². The van der Waals surface area contributed by atoms with E-state index in [4.69, 9.17) is 0 Å². The van der Waals surface area contributed by atoms with Crippen LogP contribution in [0.2, 0.25) is 0 Å². The molecule has 0 radical (unpaired) electrons. The summed E-state index contributed by atoms with van der Waals surface area (Å²) in [5, 5.41) is 0.673. The lowest BCUT2D eigenvalue weighted by Gasteiger charge is -2.03. The molecule has 0 bridgehead atoms. The van der Waals surface area contributed by atoms with Gasteiger partial charge in [0.25, 0.3) is 0 Å².